The van der Waals surface area contributed by atoms with Crippen LogP contribution in [0.5, 0.6) is 0 Å². The zero-order valence-electron chi connectivity index (χ0n) is 11.2. The number of nitrogens with zero attached hydrogens (tertiary/aromatic N) is 2. The lowest BCUT2D eigenvalue weighted by Crippen LogP contribution is -2.51. The molecule has 1 amide bonds. The zero-order valence-corrected chi connectivity index (χ0v) is 12.0. The largest absolute Gasteiger partial charge is 0.326 e. The van der Waals surface area contributed by atoms with Crippen LogP contribution in [0.2, 0.25) is 0 Å². The van der Waals surface area contributed by atoms with Crippen LogP contribution in [0.25, 0.3) is 10.1 Å². The molecule has 2 bridgehead atoms. The van der Waals surface area contributed by atoms with E-state index in [4.69, 9.17) is 0 Å². The van der Waals surface area contributed by atoms with Crippen molar-refractivity contribution >= 4 is 33.2 Å². The number of hydrogen-bond acceptors (Lipinski definition) is 4. The Morgan fingerprint density at radius 2 is 2.20 bits per heavy atom. The molecule has 1 atom stereocenters. The van der Waals surface area contributed by atoms with Gasteiger partial charge in [0.1, 0.15) is 0 Å². The molecule has 1 N–H and O–H groups in total. The van der Waals surface area contributed by atoms with Crippen molar-refractivity contribution in [1.29, 1.82) is 0 Å². The second-order valence-electron chi connectivity index (χ2n) is 5.81. The lowest BCUT2D eigenvalue weighted by Gasteiger charge is -2.43. The standard InChI is InChI=1S/C15H17N3OS/c19-15(13-9-18-5-3-10(13)4-6-18)17-12-1-2-14-11(7-12)8-16-20-14/h1-2,7-8,10,13H,3-6,9H2,(H,17,19). The molecule has 0 spiro atoms. The van der Waals surface area contributed by atoms with Gasteiger partial charge in [-0.1, -0.05) is 0 Å². The van der Waals surface area contributed by atoms with Gasteiger partial charge in [0, 0.05) is 23.8 Å². The van der Waals surface area contributed by atoms with Crippen LogP contribution in [-0.2, 0) is 4.79 Å². The van der Waals surface area contributed by atoms with Crippen molar-refractivity contribution in [2.24, 2.45) is 11.8 Å². The van der Waals surface area contributed by atoms with Crippen LogP contribution in [0.1, 0.15) is 12.8 Å². The molecule has 1 unspecified atom stereocenters. The third-order valence-electron chi connectivity index (χ3n) is 4.61. The lowest BCUT2D eigenvalue weighted by atomic mass is 9.78. The molecule has 5 rings (SSSR count). The number of anilines is 1. The Bertz CT molecular complexity index is 645. The highest BCUT2D eigenvalue weighted by molar-refractivity contribution is 7.13. The number of nitrogens with one attached hydrogen (secondary N) is 1. The Kier molecular flexibility index (Phi) is 2.97. The quantitative estimate of drug-likeness (QED) is 0.923. The van der Waals surface area contributed by atoms with E-state index in [-0.39, 0.29) is 11.8 Å². The van der Waals surface area contributed by atoms with Gasteiger partial charge in [-0.25, -0.2) is 0 Å². The summed E-state index contributed by atoms with van der Waals surface area (Å²) >= 11 is 1.48. The fourth-order valence-corrected chi connectivity index (χ4v) is 4.07. The first-order chi connectivity index (χ1) is 9.79. The third-order valence-corrected chi connectivity index (χ3v) is 5.39. The summed E-state index contributed by atoms with van der Waals surface area (Å²) in [5, 5.41) is 4.19. The van der Waals surface area contributed by atoms with Crippen LogP contribution >= 0.6 is 11.5 Å². The topological polar surface area (TPSA) is 45.2 Å². The van der Waals surface area contributed by atoms with E-state index in [1.807, 2.05) is 24.4 Å². The lowest BCUT2D eigenvalue weighted by molar-refractivity contribution is -0.125. The van der Waals surface area contributed by atoms with Gasteiger partial charge in [0.05, 0.1) is 10.6 Å². The summed E-state index contributed by atoms with van der Waals surface area (Å²) in [6, 6.07) is 6.01. The molecule has 0 saturated carbocycles. The summed E-state index contributed by atoms with van der Waals surface area (Å²) in [5.41, 5.74) is 0.888. The Balaban J connectivity index is 1.51. The number of carbonyl (C=O) groups is 1. The highest BCUT2D eigenvalue weighted by Gasteiger charge is 2.38. The first-order valence-electron chi connectivity index (χ1n) is 7.17. The van der Waals surface area contributed by atoms with Gasteiger partial charge >= 0.3 is 0 Å². The molecule has 1 aromatic carbocycles. The summed E-state index contributed by atoms with van der Waals surface area (Å²) < 4.78 is 5.32. The van der Waals surface area contributed by atoms with E-state index in [9.17, 15) is 4.79 Å². The van der Waals surface area contributed by atoms with E-state index in [2.05, 4.69) is 14.6 Å². The second kappa shape index (κ2) is 4.82. The fourth-order valence-electron chi connectivity index (χ4n) is 3.45. The number of hydrogen-bond donors (Lipinski definition) is 1. The monoisotopic (exact) mass is 287 g/mol. The first-order valence-corrected chi connectivity index (χ1v) is 7.94. The molecule has 3 fully saturated rings. The van der Waals surface area contributed by atoms with Crippen LogP contribution in [0.15, 0.2) is 24.4 Å². The number of aromatic nitrogens is 1. The first kappa shape index (κ1) is 12.3. The van der Waals surface area contributed by atoms with Crippen molar-refractivity contribution in [3.05, 3.63) is 24.4 Å². The van der Waals surface area contributed by atoms with Crippen molar-refractivity contribution in [1.82, 2.24) is 9.27 Å². The van der Waals surface area contributed by atoms with Crippen LogP contribution in [0.4, 0.5) is 5.69 Å². The minimum atomic E-state index is 0.161. The normalized spacial score (nSPS) is 28.7. The molecule has 4 nitrogen and oxygen atoms in total. The number of amides is 1. The Morgan fingerprint density at radius 1 is 1.35 bits per heavy atom. The molecule has 3 saturated heterocycles. The number of piperidine rings is 3. The Labute approximate surface area is 121 Å². The highest BCUT2D eigenvalue weighted by Crippen LogP contribution is 2.33. The fraction of sp³-hybridized carbons (Fsp3) is 0.467. The molecule has 20 heavy (non-hydrogen) atoms. The van der Waals surface area contributed by atoms with Gasteiger partial charge in [-0.3, -0.25) is 4.79 Å². The van der Waals surface area contributed by atoms with Crippen LogP contribution < -0.4 is 5.32 Å². The van der Waals surface area contributed by atoms with Crippen LogP contribution in [0, 0.1) is 11.8 Å². The van der Waals surface area contributed by atoms with Crippen LogP contribution in [-0.4, -0.2) is 34.8 Å². The van der Waals surface area contributed by atoms with Gasteiger partial charge in [-0.05, 0) is 61.6 Å². The maximum absolute atomic E-state index is 12.5. The van der Waals surface area contributed by atoms with Gasteiger partial charge in [0.2, 0.25) is 5.91 Å². The SMILES string of the molecule is O=C(Nc1ccc2sncc2c1)C1CN2CCC1CC2. The smallest absolute Gasteiger partial charge is 0.229 e. The molecular weight excluding hydrogens is 270 g/mol. The highest BCUT2D eigenvalue weighted by atomic mass is 32.1. The summed E-state index contributed by atoms with van der Waals surface area (Å²) in [5.74, 6) is 0.919. The summed E-state index contributed by atoms with van der Waals surface area (Å²) in [6.07, 6.45) is 4.20. The summed E-state index contributed by atoms with van der Waals surface area (Å²) in [4.78, 5) is 14.9. The van der Waals surface area contributed by atoms with Gasteiger partial charge in [-0.15, -0.1) is 0 Å². The van der Waals surface area contributed by atoms with E-state index in [0.717, 1.165) is 22.3 Å². The predicted molar refractivity (Wildman–Crippen MR) is 80.9 cm³/mol. The van der Waals surface area contributed by atoms with Gasteiger partial charge in [0.25, 0.3) is 0 Å². The van der Waals surface area contributed by atoms with E-state index in [1.54, 1.807) is 0 Å². The predicted octanol–water partition coefficient (Wildman–Crippen LogP) is 2.58. The molecule has 4 heterocycles. The average molecular weight is 287 g/mol. The molecule has 3 aliphatic heterocycles. The third kappa shape index (κ3) is 2.11. The van der Waals surface area contributed by atoms with Crippen molar-refractivity contribution in [2.75, 3.05) is 25.0 Å². The van der Waals surface area contributed by atoms with Crippen molar-refractivity contribution < 1.29 is 4.79 Å². The van der Waals surface area contributed by atoms with E-state index in [0.29, 0.717) is 5.92 Å². The van der Waals surface area contributed by atoms with E-state index < -0.39 is 0 Å². The van der Waals surface area contributed by atoms with Crippen molar-refractivity contribution in [2.45, 2.75) is 12.8 Å². The summed E-state index contributed by atoms with van der Waals surface area (Å²) in [6.45, 7) is 3.26. The zero-order chi connectivity index (χ0) is 13.5. The maximum atomic E-state index is 12.5. The maximum Gasteiger partial charge on any atom is 0.229 e. The Hall–Kier alpha value is -1.46. The van der Waals surface area contributed by atoms with Gasteiger partial charge in [0.15, 0.2) is 0 Å². The van der Waals surface area contributed by atoms with Crippen molar-refractivity contribution in [3.63, 3.8) is 0 Å². The minimum absolute atomic E-state index is 0.161. The number of carbonyl (C=O) groups excluding carboxylic acids is 1. The number of fused-ring (bicyclic) bond motifs is 4. The van der Waals surface area contributed by atoms with Gasteiger partial charge < -0.3 is 10.2 Å². The number of rotatable bonds is 2. The van der Waals surface area contributed by atoms with Crippen molar-refractivity contribution in [3.8, 4) is 0 Å². The summed E-state index contributed by atoms with van der Waals surface area (Å²) in [7, 11) is 0. The average Bonchev–Trinajstić information content (AvgIpc) is 2.96. The molecule has 0 radical (unpaired) electrons. The van der Waals surface area contributed by atoms with Crippen LogP contribution in [0.3, 0.4) is 0 Å². The molecule has 104 valence electrons. The van der Waals surface area contributed by atoms with Gasteiger partial charge in [-0.2, -0.15) is 4.37 Å². The second-order valence-corrected chi connectivity index (χ2v) is 6.65. The molecule has 0 aliphatic carbocycles. The molecular formula is C15H17N3OS. The molecule has 5 heteroatoms. The molecule has 3 aliphatic rings. The molecule has 1 aromatic heterocycles. The Morgan fingerprint density at radius 3 is 2.95 bits per heavy atom. The van der Waals surface area contributed by atoms with E-state index in [1.165, 1.54) is 37.5 Å². The van der Waals surface area contributed by atoms with E-state index >= 15 is 0 Å². The number of benzene rings is 1. The molecule has 2 aromatic rings. The minimum Gasteiger partial charge on any atom is -0.326 e.